The molecule has 1 aliphatic rings. The molecule has 4 rings (SSSR count). The van der Waals surface area contributed by atoms with Gasteiger partial charge in [-0.1, -0.05) is 37.3 Å². The highest BCUT2D eigenvalue weighted by molar-refractivity contribution is 14.1. The van der Waals surface area contributed by atoms with E-state index in [0.717, 1.165) is 21.1 Å². The lowest BCUT2D eigenvalue weighted by Crippen LogP contribution is -2.35. The highest BCUT2D eigenvalue weighted by Gasteiger charge is 2.40. The lowest BCUT2D eigenvalue weighted by atomic mass is 10.1. The number of nitrogens with zero attached hydrogens (tertiary/aromatic N) is 3. The molecule has 3 aromatic carbocycles. The van der Waals surface area contributed by atoms with Gasteiger partial charge < -0.3 is 19.1 Å². The lowest BCUT2D eigenvalue weighted by Gasteiger charge is -2.19. The van der Waals surface area contributed by atoms with Gasteiger partial charge in [-0.15, -0.1) is 0 Å². The molecule has 0 bridgehead atoms. The number of carbonyl (C=O) groups is 2. The van der Waals surface area contributed by atoms with Gasteiger partial charge in [0.1, 0.15) is 18.8 Å². The summed E-state index contributed by atoms with van der Waals surface area (Å²) < 4.78 is 17.6. The number of benzene rings is 3. The van der Waals surface area contributed by atoms with Crippen molar-refractivity contribution >= 4 is 63.6 Å². The Balaban J connectivity index is 1.71. The van der Waals surface area contributed by atoms with Gasteiger partial charge in [0.15, 0.2) is 16.6 Å². The van der Waals surface area contributed by atoms with Gasteiger partial charge in [0, 0.05) is 5.56 Å². The Morgan fingerprint density at radius 3 is 2.49 bits per heavy atom. The zero-order valence-electron chi connectivity index (χ0n) is 22.8. The maximum atomic E-state index is 13.7. The number of rotatable bonds is 10. The number of halogens is 1. The van der Waals surface area contributed by atoms with E-state index < -0.39 is 5.97 Å². The average molecular weight is 682 g/mol. The van der Waals surface area contributed by atoms with Crippen LogP contribution in [0.4, 0.5) is 5.69 Å². The number of amides is 1. The molecule has 1 saturated heterocycles. The Kier molecular flexibility index (Phi) is 9.96. The summed E-state index contributed by atoms with van der Waals surface area (Å²) in [6.45, 7) is 4.28. The van der Waals surface area contributed by atoms with E-state index in [1.54, 1.807) is 24.3 Å². The zero-order valence-corrected chi connectivity index (χ0v) is 25.8. The molecule has 0 spiro atoms. The molecule has 1 amide bonds. The predicted molar refractivity (Wildman–Crippen MR) is 168 cm³/mol. The number of ether oxygens (including phenoxy) is 3. The van der Waals surface area contributed by atoms with E-state index in [9.17, 15) is 14.9 Å². The fourth-order valence-corrected chi connectivity index (χ4v) is 5.40. The van der Waals surface area contributed by atoms with Crippen LogP contribution >= 0.6 is 34.8 Å². The molecule has 0 radical (unpaired) electrons. The molecule has 0 N–H and O–H groups in total. The Bertz CT molecular complexity index is 1550. The van der Waals surface area contributed by atoms with Crippen molar-refractivity contribution in [2.75, 3.05) is 25.2 Å². The number of hydrogen-bond acceptors (Lipinski definition) is 7. The Labute approximate surface area is 258 Å². The van der Waals surface area contributed by atoms with E-state index in [1.807, 2.05) is 49.4 Å². The SMILES string of the molecule is CCOc1cc(/C=C2/C(=O)N(c3ccc(CC)cc3)C(=S)N2CC(=O)OC)cc(I)c1OCc1ccccc1C#N. The number of esters is 1. The van der Waals surface area contributed by atoms with Crippen molar-refractivity contribution in [1.82, 2.24) is 4.90 Å². The van der Waals surface area contributed by atoms with Gasteiger partial charge in [-0.05, 0) is 95.7 Å². The minimum Gasteiger partial charge on any atom is -0.490 e. The maximum absolute atomic E-state index is 13.7. The van der Waals surface area contributed by atoms with Crippen LogP contribution in [0, 0.1) is 14.9 Å². The van der Waals surface area contributed by atoms with Crippen molar-refractivity contribution < 1.29 is 23.8 Å². The van der Waals surface area contributed by atoms with Crippen LogP contribution in [0.1, 0.15) is 36.1 Å². The molecular weight excluding hydrogens is 653 g/mol. The van der Waals surface area contributed by atoms with Crippen molar-refractivity contribution in [1.29, 1.82) is 5.26 Å². The average Bonchev–Trinajstić information content (AvgIpc) is 3.20. The molecular formula is C31H28IN3O5S. The standard InChI is InChI=1S/C31H28IN3O5S/c1-4-20-10-12-24(13-11-20)35-30(37)26(34(31(35)41)18-28(36)38-3)15-21-14-25(32)29(27(16-21)39-5-2)40-19-23-9-7-6-8-22(23)17-33/h6-16H,4-5,18-19H2,1-3H3/b26-15-. The Morgan fingerprint density at radius 1 is 1.10 bits per heavy atom. The molecule has 0 unspecified atom stereocenters. The van der Waals surface area contributed by atoms with Crippen LogP contribution in [0.15, 0.2) is 66.4 Å². The van der Waals surface area contributed by atoms with Gasteiger partial charge in [0.2, 0.25) is 0 Å². The number of thiocarbonyl (C=S) groups is 1. The fraction of sp³-hybridized carbons (Fsp3) is 0.226. The maximum Gasteiger partial charge on any atom is 0.325 e. The predicted octanol–water partition coefficient (Wildman–Crippen LogP) is 5.85. The summed E-state index contributed by atoms with van der Waals surface area (Å²) in [6.07, 6.45) is 2.54. The highest BCUT2D eigenvalue weighted by Crippen LogP contribution is 2.37. The van der Waals surface area contributed by atoms with E-state index >= 15 is 0 Å². The highest BCUT2D eigenvalue weighted by atomic mass is 127. The first kappa shape index (κ1) is 30.0. The third-order valence-electron chi connectivity index (χ3n) is 6.40. The summed E-state index contributed by atoms with van der Waals surface area (Å²) in [5.74, 6) is 0.129. The zero-order chi connectivity index (χ0) is 29.5. The molecule has 1 fully saturated rings. The largest absolute Gasteiger partial charge is 0.490 e. The minimum atomic E-state index is -0.528. The molecule has 41 heavy (non-hydrogen) atoms. The van der Waals surface area contributed by atoms with Crippen LogP contribution in [0.3, 0.4) is 0 Å². The van der Waals surface area contributed by atoms with Crippen LogP contribution < -0.4 is 14.4 Å². The number of hydrogen-bond donors (Lipinski definition) is 0. The second kappa shape index (κ2) is 13.6. The summed E-state index contributed by atoms with van der Waals surface area (Å²) in [5.41, 5.74) is 3.93. The normalized spacial score (nSPS) is 13.9. The summed E-state index contributed by atoms with van der Waals surface area (Å²) >= 11 is 7.82. The monoisotopic (exact) mass is 681 g/mol. The minimum absolute atomic E-state index is 0.186. The molecule has 8 nitrogen and oxygen atoms in total. The van der Waals surface area contributed by atoms with E-state index in [1.165, 1.54) is 16.9 Å². The molecule has 210 valence electrons. The molecule has 0 aromatic heterocycles. The van der Waals surface area contributed by atoms with Gasteiger partial charge in [-0.2, -0.15) is 5.26 Å². The van der Waals surface area contributed by atoms with Gasteiger partial charge in [0.05, 0.1) is 34.6 Å². The van der Waals surface area contributed by atoms with Crippen molar-refractivity contribution in [3.05, 3.63) is 92.2 Å². The van der Waals surface area contributed by atoms with Crippen molar-refractivity contribution in [2.45, 2.75) is 26.9 Å². The number of aryl methyl sites for hydroxylation is 1. The quantitative estimate of drug-likeness (QED) is 0.114. The number of carbonyl (C=O) groups excluding carboxylic acids is 2. The van der Waals surface area contributed by atoms with Crippen LogP contribution in [0.25, 0.3) is 6.08 Å². The third kappa shape index (κ3) is 6.69. The van der Waals surface area contributed by atoms with Crippen LogP contribution in [0.2, 0.25) is 0 Å². The molecule has 1 aliphatic heterocycles. The topological polar surface area (TPSA) is 92.1 Å². The summed E-state index contributed by atoms with van der Waals surface area (Å²) in [5, 5.41) is 9.60. The summed E-state index contributed by atoms with van der Waals surface area (Å²) in [7, 11) is 1.29. The second-order valence-electron chi connectivity index (χ2n) is 8.96. The Hall–Kier alpha value is -3.95. The smallest absolute Gasteiger partial charge is 0.325 e. The van der Waals surface area contributed by atoms with Gasteiger partial charge in [-0.25, -0.2) is 0 Å². The van der Waals surface area contributed by atoms with E-state index in [0.29, 0.717) is 34.9 Å². The molecule has 0 atom stereocenters. The Morgan fingerprint density at radius 2 is 1.83 bits per heavy atom. The summed E-state index contributed by atoms with van der Waals surface area (Å²) in [6, 6.07) is 20.6. The van der Waals surface area contributed by atoms with Crippen LogP contribution in [0.5, 0.6) is 11.5 Å². The lowest BCUT2D eigenvalue weighted by molar-refractivity contribution is -0.140. The van der Waals surface area contributed by atoms with Crippen LogP contribution in [-0.4, -0.2) is 42.2 Å². The second-order valence-corrected chi connectivity index (χ2v) is 10.5. The first-order valence-corrected chi connectivity index (χ1v) is 14.4. The molecule has 10 heteroatoms. The molecule has 1 heterocycles. The van der Waals surface area contributed by atoms with Crippen LogP contribution in [-0.2, 0) is 27.4 Å². The third-order valence-corrected chi connectivity index (χ3v) is 7.60. The number of anilines is 1. The van der Waals surface area contributed by atoms with Crippen molar-refractivity contribution in [2.24, 2.45) is 0 Å². The van der Waals surface area contributed by atoms with Gasteiger partial charge >= 0.3 is 5.97 Å². The fourth-order valence-electron chi connectivity index (χ4n) is 4.27. The van der Waals surface area contributed by atoms with Gasteiger partial charge in [0.25, 0.3) is 5.91 Å². The van der Waals surface area contributed by atoms with E-state index in [-0.39, 0.29) is 29.9 Å². The number of methoxy groups -OCH3 is 1. The van der Waals surface area contributed by atoms with Crippen molar-refractivity contribution in [3.8, 4) is 17.6 Å². The van der Waals surface area contributed by atoms with Gasteiger partial charge in [-0.3, -0.25) is 14.5 Å². The first-order chi connectivity index (χ1) is 19.8. The van der Waals surface area contributed by atoms with Crippen molar-refractivity contribution in [3.63, 3.8) is 0 Å². The molecule has 0 aliphatic carbocycles. The number of nitriles is 1. The first-order valence-electron chi connectivity index (χ1n) is 12.9. The van der Waals surface area contributed by atoms with E-state index in [4.69, 9.17) is 26.4 Å². The van der Waals surface area contributed by atoms with E-state index in [2.05, 4.69) is 35.6 Å². The summed E-state index contributed by atoms with van der Waals surface area (Å²) in [4.78, 5) is 28.9. The molecule has 3 aromatic rings. The molecule has 0 saturated carbocycles.